The lowest BCUT2D eigenvalue weighted by Crippen LogP contribution is -2.61. The van der Waals surface area contributed by atoms with E-state index in [4.69, 9.17) is 33.2 Å². The minimum absolute atomic E-state index is 0.112. The van der Waals surface area contributed by atoms with Gasteiger partial charge in [-0.3, -0.25) is 24.0 Å². The fourth-order valence-electron chi connectivity index (χ4n) is 3.49. The Morgan fingerprint density at radius 1 is 0.730 bits per heavy atom. The summed E-state index contributed by atoms with van der Waals surface area (Å²) in [7, 11) is 0. The summed E-state index contributed by atoms with van der Waals surface area (Å²) < 4.78 is 37.2. The molecule has 1 aromatic rings. The first-order chi connectivity index (χ1) is 17.6. The zero-order chi connectivity index (χ0) is 27.4. The highest BCUT2D eigenvalue weighted by atomic mass is 16.7. The minimum Gasteiger partial charge on any atom is -0.465 e. The molecule has 12 nitrogen and oxygen atoms in total. The first-order valence-corrected chi connectivity index (χ1v) is 11.7. The lowest BCUT2D eigenvalue weighted by molar-refractivity contribution is -0.300. The van der Waals surface area contributed by atoms with E-state index in [2.05, 4.69) is 0 Å². The fraction of sp³-hybridized carbons (Fsp3) is 0.560. The molecule has 2 rings (SSSR count). The molecule has 0 radical (unpaired) electrons. The van der Waals surface area contributed by atoms with Gasteiger partial charge in [-0.2, -0.15) is 0 Å². The molecule has 0 aliphatic carbocycles. The highest BCUT2D eigenvalue weighted by Crippen LogP contribution is 2.29. The largest absolute Gasteiger partial charge is 0.465 e. The third-order valence-electron chi connectivity index (χ3n) is 5.03. The Labute approximate surface area is 214 Å². The zero-order valence-corrected chi connectivity index (χ0v) is 21.2. The van der Waals surface area contributed by atoms with Crippen LogP contribution in [-0.4, -0.2) is 73.8 Å². The monoisotopic (exact) mass is 524 g/mol. The quantitative estimate of drug-likeness (QED) is 0.289. The molecule has 0 aromatic heterocycles. The molecule has 1 aromatic carbocycles. The van der Waals surface area contributed by atoms with E-state index in [-0.39, 0.29) is 32.7 Å². The van der Waals surface area contributed by atoms with Gasteiger partial charge in [-0.05, 0) is 12.5 Å². The molecular weight excluding hydrogens is 492 g/mol. The molecule has 1 saturated heterocycles. The molecule has 0 bridgehead atoms. The van der Waals surface area contributed by atoms with Crippen LogP contribution in [0.2, 0.25) is 0 Å². The molecule has 5 atom stereocenters. The van der Waals surface area contributed by atoms with Gasteiger partial charge in [-0.1, -0.05) is 30.3 Å². The van der Waals surface area contributed by atoms with Gasteiger partial charge < -0.3 is 33.2 Å². The second-order valence-electron chi connectivity index (χ2n) is 8.17. The summed E-state index contributed by atoms with van der Waals surface area (Å²) in [6.07, 6.45) is -5.86. The minimum atomic E-state index is -1.27. The SMILES string of the molecule is CC(=O)OC1[C@H](OCCC(=O)OCCC(=O)OCc2ccccc2)OC(C)[C@H](OC(C)=O)[C@@H]1OC(C)=O. The highest BCUT2D eigenvalue weighted by molar-refractivity contribution is 5.72. The first kappa shape index (κ1) is 29.7. The average Bonchev–Trinajstić information content (AvgIpc) is 2.82. The molecule has 1 aliphatic rings. The molecule has 1 heterocycles. The third-order valence-corrected chi connectivity index (χ3v) is 5.03. The number of hydrogen-bond donors (Lipinski definition) is 0. The second kappa shape index (κ2) is 14.9. The maximum atomic E-state index is 12.0. The fourth-order valence-corrected chi connectivity index (χ4v) is 3.49. The van der Waals surface area contributed by atoms with Crippen molar-refractivity contribution in [1.82, 2.24) is 0 Å². The van der Waals surface area contributed by atoms with Crippen LogP contribution in [0.15, 0.2) is 30.3 Å². The van der Waals surface area contributed by atoms with Crippen molar-refractivity contribution in [2.75, 3.05) is 13.2 Å². The summed E-state index contributed by atoms with van der Waals surface area (Å²) in [5.41, 5.74) is 0.839. The molecule has 0 spiro atoms. The van der Waals surface area contributed by atoms with Crippen LogP contribution in [0.4, 0.5) is 0 Å². The smallest absolute Gasteiger partial charge is 0.309 e. The van der Waals surface area contributed by atoms with Crippen LogP contribution in [0.25, 0.3) is 0 Å². The molecule has 204 valence electrons. The van der Waals surface area contributed by atoms with Gasteiger partial charge in [-0.15, -0.1) is 0 Å². The molecule has 1 fully saturated rings. The van der Waals surface area contributed by atoms with Crippen LogP contribution in [0, 0.1) is 0 Å². The van der Waals surface area contributed by atoms with E-state index in [0.29, 0.717) is 0 Å². The van der Waals surface area contributed by atoms with Crippen LogP contribution in [0.3, 0.4) is 0 Å². The predicted octanol–water partition coefficient (Wildman–Crippen LogP) is 1.61. The summed E-state index contributed by atoms with van der Waals surface area (Å²) in [6.45, 7) is 4.79. The Kier molecular flexibility index (Phi) is 12.0. The van der Waals surface area contributed by atoms with Crippen molar-refractivity contribution in [1.29, 1.82) is 0 Å². The third kappa shape index (κ3) is 10.6. The normalized spacial score (nSPS) is 22.9. The van der Waals surface area contributed by atoms with Crippen molar-refractivity contribution in [3.05, 3.63) is 35.9 Å². The van der Waals surface area contributed by atoms with Gasteiger partial charge in [0, 0.05) is 20.8 Å². The number of rotatable bonds is 12. The number of carbonyl (C=O) groups is 5. The number of esters is 5. The molecule has 12 heteroatoms. The van der Waals surface area contributed by atoms with Gasteiger partial charge in [0.15, 0.2) is 24.6 Å². The lowest BCUT2D eigenvalue weighted by atomic mass is 9.99. The van der Waals surface area contributed by atoms with E-state index >= 15 is 0 Å². The average molecular weight is 525 g/mol. The Balaban J connectivity index is 1.84. The summed E-state index contributed by atoms with van der Waals surface area (Å²) in [6, 6.07) is 9.15. The summed E-state index contributed by atoms with van der Waals surface area (Å²) in [5, 5.41) is 0. The maximum Gasteiger partial charge on any atom is 0.309 e. The molecule has 0 saturated carbocycles. The van der Waals surface area contributed by atoms with Crippen molar-refractivity contribution in [2.24, 2.45) is 0 Å². The molecule has 37 heavy (non-hydrogen) atoms. The van der Waals surface area contributed by atoms with E-state index in [0.717, 1.165) is 19.4 Å². The topological polar surface area (TPSA) is 150 Å². The molecule has 2 unspecified atom stereocenters. The van der Waals surface area contributed by atoms with E-state index in [9.17, 15) is 24.0 Å². The van der Waals surface area contributed by atoms with Gasteiger partial charge in [0.1, 0.15) is 13.2 Å². The van der Waals surface area contributed by atoms with Crippen LogP contribution < -0.4 is 0 Å². The van der Waals surface area contributed by atoms with E-state index in [1.807, 2.05) is 30.3 Å². The predicted molar refractivity (Wildman–Crippen MR) is 123 cm³/mol. The van der Waals surface area contributed by atoms with Crippen molar-refractivity contribution in [3.8, 4) is 0 Å². The second-order valence-corrected chi connectivity index (χ2v) is 8.17. The Bertz CT molecular complexity index is 931. The highest BCUT2D eigenvalue weighted by Gasteiger charge is 2.50. The van der Waals surface area contributed by atoms with Gasteiger partial charge in [0.25, 0.3) is 0 Å². The van der Waals surface area contributed by atoms with Crippen molar-refractivity contribution < 1.29 is 57.1 Å². The molecule has 0 N–H and O–H groups in total. The molecule has 0 amide bonds. The molecular formula is C25H32O12. The van der Waals surface area contributed by atoms with E-state index < -0.39 is 60.6 Å². The lowest BCUT2D eigenvalue weighted by Gasteiger charge is -2.43. The van der Waals surface area contributed by atoms with Gasteiger partial charge >= 0.3 is 29.8 Å². The molecule has 1 aliphatic heterocycles. The van der Waals surface area contributed by atoms with Crippen molar-refractivity contribution in [3.63, 3.8) is 0 Å². The Hall–Kier alpha value is -3.51. The Morgan fingerprint density at radius 3 is 1.89 bits per heavy atom. The Morgan fingerprint density at radius 2 is 1.27 bits per heavy atom. The van der Waals surface area contributed by atoms with Crippen LogP contribution in [0.1, 0.15) is 46.1 Å². The van der Waals surface area contributed by atoms with Crippen LogP contribution in [0.5, 0.6) is 0 Å². The summed E-state index contributed by atoms with van der Waals surface area (Å²) in [5.74, 6) is -3.21. The number of carbonyl (C=O) groups excluding carboxylic acids is 5. The summed E-state index contributed by atoms with van der Waals surface area (Å²) >= 11 is 0. The van der Waals surface area contributed by atoms with E-state index in [1.165, 1.54) is 6.92 Å². The summed E-state index contributed by atoms with van der Waals surface area (Å²) in [4.78, 5) is 58.8. The van der Waals surface area contributed by atoms with Crippen LogP contribution >= 0.6 is 0 Å². The van der Waals surface area contributed by atoms with Gasteiger partial charge in [-0.25, -0.2) is 0 Å². The van der Waals surface area contributed by atoms with E-state index in [1.54, 1.807) is 6.92 Å². The first-order valence-electron chi connectivity index (χ1n) is 11.7. The van der Waals surface area contributed by atoms with Crippen molar-refractivity contribution >= 4 is 29.8 Å². The number of ether oxygens (including phenoxy) is 7. The van der Waals surface area contributed by atoms with Gasteiger partial charge in [0.05, 0.1) is 25.6 Å². The standard InChI is InChI=1S/C25H32O12/c1-15-22(35-16(2)26)23(36-17(3)27)24(37-18(4)28)25(34-15)32-13-11-20(29)31-12-10-21(30)33-14-19-8-6-5-7-9-19/h5-9,15,22-25H,10-14H2,1-4H3/t15?,22-,23-,24?,25+/m0/s1. The van der Waals surface area contributed by atoms with Gasteiger partial charge in [0.2, 0.25) is 0 Å². The zero-order valence-electron chi connectivity index (χ0n) is 21.2. The number of benzene rings is 1. The number of hydrogen-bond acceptors (Lipinski definition) is 12. The van der Waals surface area contributed by atoms with Crippen molar-refractivity contribution in [2.45, 2.75) is 77.8 Å². The maximum absolute atomic E-state index is 12.0. The van der Waals surface area contributed by atoms with Crippen LogP contribution in [-0.2, 0) is 63.7 Å².